The molecule has 3 heteroatoms. The van der Waals surface area contributed by atoms with Crippen LogP contribution >= 0.6 is 23.4 Å². The van der Waals surface area contributed by atoms with Crippen LogP contribution in [0.2, 0.25) is 5.02 Å². The number of hydrogen-bond acceptors (Lipinski definition) is 2. The Morgan fingerprint density at radius 3 is 2.75 bits per heavy atom. The van der Waals surface area contributed by atoms with Crippen LogP contribution in [0.4, 0.5) is 0 Å². The predicted octanol–water partition coefficient (Wildman–Crippen LogP) is 3.02. The molecule has 0 saturated carbocycles. The van der Waals surface area contributed by atoms with Crippen molar-refractivity contribution < 1.29 is 4.79 Å². The van der Waals surface area contributed by atoms with E-state index in [1.54, 1.807) is 0 Å². The minimum atomic E-state index is -0.0371. The molecule has 1 nitrogen and oxygen atoms in total. The van der Waals surface area contributed by atoms with Gasteiger partial charge in [0, 0.05) is 4.90 Å². The van der Waals surface area contributed by atoms with Crippen LogP contribution in [-0.4, -0.2) is 11.5 Å². The third-order valence-corrected chi connectivity index (χ3v) is 2.88. The molecule has 0 heterocycles. The van der Waals surface area contributed by atoms with E-state index in [1.807, 2.05) is 31.2 Å². The average molecular weight is 201 g/mol. The number of carbonyl (C=O) groups excluding carboxylic acids is 1. The Kier molecular flexibility index (Phi) is 3.63. The molecule has 12 heavy (non-hydrogen) atoms. The minimum Gasteiger partial charge on any atom is -0.302 e. The third kappa shape index (κ3) is 2.54. The highest BCUT2D eigenvalue weighted by Crippen LogP contribution is 2.28. The Bertz CT molecular complexity index is 275. The van der Waals surface area contributed by atoms with Crippen molar-refractivity contribution in [1.82, 2.24) is 0 Å². The van der Waals surface area contributed by atoms with Gasteiger partial charge < -0.3 is 4.79 Å². The lowest BCUT2D eigenvalue weighted by molar-refractivity contribution is -0.107. The first-order chi connectivity index (χ1) is 5.74. The SMILES string of the molecule is CC(C=O)Sc1ccccc1Cl. The lowest BCUT2D eigenvalue weighted by Crippen LogP contribution is -1.95. The second-order valence-corrected chi connectivity index (χ2v) is 4.22. The highest BCUT2D eigenvalue weighted by atomic mass is 35.5. The Hall–Kier alpha value is -0.470. The lowest BCUT2D eigenvalue weighted by Gasteiger charge is -2.04. The summed E-state index contributed by atoms with van der Waals surface area (Å²) < 4.78 is 0. The molecule has 0 radical (unpaired) electrons. The van der Waals surface area contributed by atoms with Gasteiger partial charge in [-0.2, -0.15) is 0 Å². The van der Waals surface area contributed by atoms with E-state index in [1.165, 1.54) is 11.8 Å². The largest absolute Gasteiger partial charge is 0.302 e. The topological polar surface area (TPSA) is 17.1 Å². The van der Waals surface area contributed by atoms with Gasteiger partial charge in [-0.25, -0.2) is 0 Å². The molecule has 0 aliphatic rings. The molecule has 0 saturated heterocycles. The average Bonchev–Trinajstić information content (AvgIpc) is 2.09. The Balaban J connectivity index is 2.75. The van der Waals surface area contributed by atoms with Crippen molar-refractivity contribution in [3.05, 3.63) is 29.3 Å². The Labute approximate surface area is 81.1 Å². The van der Waals surface area contributed by atoms with Crippen LogP contribution in [0.15, 0.2) is 29.2 Å². The first kappa shape index (κ1) is 9.62. The second-order valence-electron chi connectivity index (χ2n) is 2.39. The number of benzene rings is 1. The van der Waals surface area contributed by atoms with Gasteiger partial charge in [-0.15, -0.1) is 11.8 Å². The van der Waals surface area contributed by atoms with Crippen LogP contribution in [0.5, 0.6) is 0 Å². The van der Waals surface area contributed by atoms with Gasteiger partial charge in [0.25, 0.3) is 0 Å². The fraction of sp³-hybridized carbons (Fsp3) is 0.222. The van der Waals surface area contributed by atoms with Crippen molar-refractivity contribution in [2.24, 2.45) is 0 Å². The zero-order valence-electron chi connectivity index (χ0n) is 6.66. The van der Waals surface area contributed by atoms with Gasteiger partial charge in [0.15, 0.2) is 0 Å². The first-order valence-corrected chi connectivity index (χ1v) is 4.86. The van der Waals surface area contributed by atoms with E-state index >= 15 is 0 Å². The molecule has 0 N–H and O–H groups in total. The Morgan fingerprint density at radius 2 is 2.17 bits per heavy atom. The van der Waals surface area contributed by atoms with Crippen molar-refractivity contribution in [1.29, 1.82) is 0 Å². The second kappa shape index (κ2) is 4.53. The summed E-state index contributed by atoms with van der Waals surface area (Å²) in [6.07, 6.45) is 0.911. The van der Waals surface area contributed by atoms with Gasteiger partial charge in [-0.3, -0.25) is 0 Å². The summed E-state index contributed by atoms with van der Waals surface area (Å²) in [5.41, 5.74) is 0. The summed E-state index contributed by atoms with van der Waals surface area (Å²) in [5, 5.41) is 0.668. The van der Waals surface area contributed by atoms with Gasteiger partial charge >= 0.3 is 0 Å². The molecule has 64 valence electrons. The normalized spacial score (nSPS) is 12.5. The molecule has 0 fully saturated rings. The summed E-state index contributed by atoms with van der Waals surface area (Å²) in [5.74, 6) is 0. The molecule has 0 spiro atoms. The molecule has 1 rings (SSSR count). The molecule has 0 aliphatic heterocycles. The van der Waals surface area contributed by atoms with E-state index in [9.17, 15) is 4.79 Å². The van der Waals surface area contributed by atoms with Crippen molar-refractivity contribution in [3.63, 3.8) is 0 Å². The van der Waals surface area contributed by atoms with E-state index in [4.69, 9.17) is 11.6 Å². The van der Waals surface area contributed by atoms with Gasteiger partial charge in [0.05, 0.1) is 10.3 Å². The first-order valence-electron chi connectivity index (χ1n) is 3.60. The number of carbonyl (C=O) groups is 1. The predicted molar refractivity (Wildman–Crippen MR) is 52.8 cm³/mol. The maximum atomic E-state index is 10.4. The zero-order chi connectivity index (χ0) is 8.97. The van der Waals surface area contributed by atoms with E-state index in [0.29, 0.717) is 5.02 Å². The van der Waals surface area contributed by atoms with Crippen LogP contribution in [0, 0.1) is 0 Å². The van der Waals surface area contributed by atoms with Crippen LogP contribution in [0.3, 0.4) is 0 Å². The van der Waals surface area contributed by atoms with E-state index in [-0.39, 0.29) is 5.25 Å². The smallest absolute Gasteiger partial charge is 0.133 e. The zero-order valence-corrected chi connectivity index (χ0v) is 8.23. The number of rotatable bonds is 3. The maximum Gasteiger partial charge on any atom is 0.133 e. The standard InChI is InChI=1S/C9H9ClOS/c1-7(6-11)12-9-5-3-2-4-8(9)10/h2-7H,1H3. The molecule has 0 amide bonds. The highest BCUT2D eigenvalue weighted by Gasteiger charge is 2.04. The molecule has 0 aliphatic carbocycles. The van der Waals surface area contributed by atoms with Gasteiger partial charge in [-0.1, -0.05) is 23.7 Å². The molecular formula is C9H9ClOS. The van der Waals surface area contributed by atoms with E-state index in [0.717, 1.165) is 11.2 Å². The van der Waals surface area contributed by atoms with Crippen molar-refractivity contribution in [2.75, 3.05) is 0 Å². The monoisotopic (exact) mass is 200 g/mol. The molecule has 0 aromatic heterocycles. The van der Waals surface area contributed by atoms with E-state index < -0.39 is 0 Å². The number of hydrogen-bond donors (Lipinski definition) is 0. The molecule has 0 bridgehead atoms. The van der Waals surface area contributed by atoms with Crippen molar-refractivity contribution >= 4 is 29.6 Å². The molecule has 1 unspecified atom stereocenters. The number of thioether (sulfide) groups is 1. The molecular weight excluding hydrogens is 192 g/mol. The molecule has 1 aromatic carbocycles. The number of halogens is 1. The summed E-state index contributed by atoms with van der Waals surface area (Å²) in [6, 6.07) is 7.51. The van der Waals surface area contributed by atoms with Crippen LogP contribution < -0.4 is 0 Å². The summed E-state index contributed by atoms with van der Waals surface area (Å²) in [4.78, 5) is 11.3. The van der Waals surface area contributed by atoms with Gasteiger partial charge in [0.2, 0.25) is 0 Å². The number of aldehydes is 1. The molecule has 1 aromatic rings. The van der Waals surface area contributed by atoms with Gasteiger partial charge in [-0.05, 0) is 19.1 Å². The fourth-order valence-corrected chi connectivity index (χ4v) is 1.83. The Morgan fingerprint density at radius 1 is 1.50 bits per heavy atom. The van der Waals surface area contributed by atoms with E-state index in [2.05, 4.69) is 0 Å². The van der Waals surface area contributed by atoms with Gasteiger partial charge in [0.1, 0.15) is 6.29 Å². The highest BCUT2D eigenvalue weighted by molar-refractivity contribution is 8.00. The lowest BCUT2D eigenvalue weighted by atomic mass is 10.4. The summed E-state index contributed by atoms with van der Waals surface area (Å²) in [6.45, 7) is 1.85. The van der Waals surface area contributed by atoms with Crippen molar-refractivity contribution in [2.45, 2.75) is 17.1 Å². The summed E-state index contributed by atoms with van der Waals surface area (Å²) in [7, 11) is 0. The van der Waals surface area contributed by atoms with Crippen LogP contribution in [0.25, 0.3) is 0 Å². The third-order valence-electron chi connectivity index (χ3n) is 1.34. The van der Waals surface area contributed by atoms with Crippen LogP contribution in [-0.2, 0) is 4.79 Å². The minimum absolute atomic E-state index is 0.0371. The fourth-order valence-electron chi connectivity index (χ4n) is 0.768. The van der Waals surface area contributed by atoms with Crippen molar-refractivity contribution in [3.8, 4) is 0 Å². The quantitative estimate of drug-likeness (QED) is 0.551. The maximum absolute atomic E-state index is 10.4. The van der Waals surface area contributed by atoms with Crippen LogP contribution in [0.1, 0.15) is 6.92 Å². The molecule has 1 atom stereocenters. The summed E-state index contributed by atoms with van der Waals surface area (Å²) >= 11 is 7.36.